The number of amides is 2. The molecular weight excluding hydrogens is 368 g/mol. The molecule has 0 aliphatic carbocycles. The van der Waals surface area contributed by atoms with Crippen LogP contribution in [0.2, 0.25) is 0 Å². The number of hydrogen-bond donors (Lipinski definition) is 4. The molecule has 3 rings (SSSR count). The van der Waals surface area contributed by atoms with Crippen LogP contribution in [0.4, 0.5) is 28.8 Å². The van der Waals surface area contributed by atoms with Crippen LogP contribution < -0.4 is 21.7 Å². The van der Waals surface area contributed by atoms with E-state index in [2.05, 4.69) is 32.5 Å². The third kappa shape index (κ3) is 5.64. The van der Waals surface area contributed by atoms with Gasteiger partial charge in [-0.25, -0.2) is 4.98 Å². The van der Waals surface area contributed by atoms with Crippen LogP contribution in [-0.2, 0) is 4.79 Å². The van der Waals surface area contributed by atoms with Crippen molar-refractivity contribution in [1.82, 2.24) is 9.97 Å². The van der Waals surface area contributed by atoms with Crippen molar-refractivity contribution in [2.45, 2.75) is 7.43 Å². The van der Waals surface area contributed by atoms with Gasteiger partial charge in [0, 0.05) is 23.3 Å². The lowest BCUT2D eigenvalue weighted by Crippen LogP contribution is -2.16. The molecule has 1 heterocycles. The number of nitrogens with zero attached hydrogens (tertiary/aromatic N) is 2. The fraction of sp³-hybridized carbons (Fsp3) is 0.0476. The summed E-state index contributed by atoms with van der Waals surface area (Å²) in [4.78, 5) is 31.7. The number of hydrogen-bond acceptors (Lipinski definition) is 6. The summed E-state index contributed by atoms with van der Waals surface area (Å²) in [6.45, 7) is 3.42. The highest BCUT2D eigenvalue weighted by molar-refractivity contribution is 6.00. The molecule has 0 aliphatic rings. The zero-order valence-corrected chi connectivity index (χ0v) is 14.8. The van der Waals surface area contributed by atoms with Gasteiger partial charge in [-0.05, 0) is 36.4 Å². The fourth-order valence-electron chi connectivity index (χ4n) is 2.37. The van der Waals surface area contributed by atoms with E-state index in [-0.39, 0.29) is 24.7 Å². The van der Waals surface area contributed by atoms with Crippen molar-refractivity contribution in [1.29, 1.82) is 0 Å². The molecule has 3 aromatic rings. The second kappa shape index (κ2) is 9.65. The smallest absolute Gasteiger partial charge is 0.254 e. The van der Waals surface area contributed by atoms with Gasteiger partial charge in [-0.1, -0.05) is 38.3 Å². The molecule has 29 heavy (non-hydrogen) atoms. The van der Waals surface area contributed by atoms with Crippen molar-refractivity contribution >= 4 is 40.6 Å². The van der Waals surface area contributed by atoms with Crippen LogP contribution in [0, 0.1) is 0 Å². The van der Waals surface area contributed by atoms with Crippen LogP contribution in [0.1, 0.15) is 17.8 Å². The molecule has 2 aromatic carbocycles. The lowest BCUT2D eigenvalue weighted by atomic mass is 10.2. The zero-order valence-electron chi connectivity index (χ0n) is 14.8. The quantitative estimate of drug-likeness (QED) is 0.455. The Labute approximate surface area is 168 Å². The Bertz CT molecular complexity index is 1020. The molecule has 0 spiro atoms. The standard InChI is InChI=1S/C20H18N6O2.CH4/c1-2-17(27)23-14-9-6-10-15(11-14)24-19-16(18(21)28)12-22-20(26-19)25-13-7-4-3-5-8-13;/h2-12H,1H2,(H2,21,28)(H,23,27)(H2,22,24,25,26);1H4. The van der Waals surface area contributed by atoms with Crippen LogP contribution in [-0.4, -0.2) is 21.8 Å². The molecule has 8 nitrogen and oxygen atoms in total. The summed E-state index contributed by atoms with van der Waals surface area (Å²) in [5, 5.41) is 8.77. The number of benzene rings is 2. The van der Waals surface area contributed by atoms with Crippen molar-refractivity contribution in [2.75, 3.05) is 16.0 Å². The Hall–Kier alpha value is -4.20. The summed E-state index contributed by atoms with van der Waals surface area (Å²) >= 11 is 0. The van der Waals surface area contributed by atoms with Crippen LogP contribution in [0.3, 0.4) is 0 Å². The number of rotatable bonds is 7. The summed E-state index contributed by atoms with van der Waals surface area (Å²) in [6.07, 6.45) is 2.53. The van der Waals surface area contributed by atoms with E-state index >= 15 is 0 Å². The van der Waals surface area contributed by atoms with E-state index in [1.54, 1.807) is 24.3 Å². The van der Waals surface area contributed by atoms with Gasteiger partial charge in [-0.15, -0.1) is 0 Å². The number of aromatic nitrogens is 2. The maximum Gasteiger partial charge on any atom is 0.254 e. The first-order chi connectivity index (χ1) is 13.5. The molecule has 0 atom stereocenters. The molecule has 0 aliphatic heterocycles. The number of carbonyl (C=O) groups is 2. The number of nitrogens with one attached hydrogen (secondary N) is 3. The van der Waals surface area contributed by atoms with Gasteiger partial charge < -0.3 is 21.7 Å². The predicted molar refractivity (Wildman–Crippen MR) is 116 cm³/mol. The van der Waals surface area contributed by atoms with Gasteiger partial charge in [0.2, 0.25) is 11.9 Å². The van der Waals surface area contributed by atoms with Gasteiger partial charge >= 0.3 is 0 Å². The molecule has 8 heteroatoms. The van der Waals surface area contributed by atoms with E-state index in [1.807, 2.05) is 30.3 Å². The predicted octanol–water partition coefficient (Wildman–Crippen LogP) is 3.82. The van der Waals surface area contributed by atoms with Crippen LogP contribution in [0.15, 0.2) is 73.4 Å². The minimum Gasteiger partial charge on any atom is -0.365 e. The maximum atomic E-state index is 11.7. The Morgan fingerprint density at radius 3 is 2.34 bits per heavy atom. The Kier molecular flexibility index (Phi) is 7.03. The maximum absolute atomic E-state index is 11.7. The summed E-state index contributed by atoms with van der Waals surface area (Å²) in [5.74, 6) is -0.445. The van der Waals surface area contributed by atoms with E-state index in [0.717, 1.165) is 5.69 Å². The lowest BCUT2D eigenvalue weighted by Gasteiger charge is -2.12. The molecular formula is C21H22N6O2. The Morgan fingerprint density at radius 2 is 1.66 bits per heavy atom. The summed E-state index contributed by atoms with van der Waals surface area (Å²) in [5.41, 5.74) is 7.54. The van der Waals surface area contributed by atoms with E-state index in [9.17, 15) is 9.59 Å². The molecule has 2 amide bonds. The Balaban J connectivity index is 0.00000300. The second-order valence-corrected chi connectivity index (χ2v) is 5.71. The molecule has 0 fully saturated rings. The second-order valence-electron chi connectivity index (χ2n) is 5.71. The monoisotopic (exact) mass is 390 g/mol. The van der Waals surface area contributed by atoms with E-state index in [0.29, 0.717) is 17.3 Å². The molecule has 5 N–H and O–H groups in total. The van der Waals surface area contributed by atoms with Gasteiger partial charge in [0.25, 0.3) is 5.91 Å². The van der Waals surface area contributed by atoms with Crippen molar-refractivity contribution in [3.8, 4) is 0 Å². The lowest BCUT2D eigenvalue weighted by molar-refractivity contribution is -0.111. The van der Waals surface area contributed by atoms with Crippen LogP contribution in [0.25, 0.3) is 0 Å². The molecule has 0 unspecified atom stereocenters. The number of carbonyl (C=O) groups excluding carboxylic acids is 2. The van der Waals surface area contributed by atoms with Crippen molar-refractivity contribution in [3.63, 3.8) is 0 Å². The molecule has 0 radical (unpaired) electrons. The van der Waals surface area contributed by atoms with Crippen molar-refractivity contribution in [3.05, 3.63) is 79.0 Å². The van der Waals surface area contributed by atoms with Gasteiger partial charge in [-0.2, -0.15) is 4.98 Å². The molecule has 0 bridgehead atoms. The third-order valence-corrected chi connectivity index (χ3v) is 3.66. The number of anilines is 5. The topological polar surface area (TPSA) is 122 Å². The van der Waals surface area contributed by atoms with Gasteiger partial charge in [0.1, 0.15) is 11.4 Å². The summed E-state index contributed by atoms with van der Waals surface area (Å²) in [7, 11) is 0. The highest BCUT2D eigenvalue weighted by Crippen LogP contribution is 2.23. The first kappa shape index (κ1) is 21.1. The average molecular weight is 390 g/mol. The number of nitrogens with two attached hydrogens (primary N) is 1. The molecule has 0 saturated heterocycles. The minimum atomic E-state index is -0.662. The van der Waals surface area contributed by atoms with Gasteiger partial charge in [0.05, 0.1) is 0 Å². The van der Waals surface area contributed by atoms with Crippen molar-refractivity contribution < 1.29 is 9.59 Å². The summed E-state index contributed by atoms with van der Waals surface area (Å²) < 4.78 is 0. The SMILES string of the molecule is C.C=CC(=O)Nc1cccc(Nc2nc(Nc3ccccc3)ncc2C(N)=O)c1. The van der Waals surface area contributed by atoms with E-state index in [1.165, 1.54) is 12.3 Å². The largest absolute Gasteiger partial charge is 0.365 e. The van der Waals surface area contributed by atoms with E-state index in [4.69, 9.17) is 5.73 Å². The molecule has 148 valence electrons. The minimum absolute atomic E-state index is 0. The highest BCUT2D eigenvalue weighted by Gasteiger charge is 2.13. The van der Waals surface area contributed by atoms with Crippen LogP contribution in [0.5, 0.6) is 0 Å². The van der Waals surface area contributed by atoms with Crippen LogP contribution >= 0.6 is 0 Å². The summed E-state index contributed by atoms with van der Waals surface area (Å²) in [6, 6.07) is 16.3. The first-order valence-corrected chi connectivity index (χ1v) is 8.34. The Morgan fingerprint density at radius 1 is 0.966 bits per heavy atom. The fourth-order valence-corrected chi connectivity index (χ4v) is 2.37. The van der Waals surface area contributed by atoms with Crippen molar-refractivity contribution in [2.24, 2.45) is 5.73 Å². The molecule has 0 saturated carbocycles. The average Bonchev–Trinajstić information content (AvgIpc) is 2.69. The zero-order chi connectivity index (χ0) is 19.9. The molecule has 1 aromatic heterocycles. The van der Waals surface area contributed by atoms with Gasteiger partial charge in [0.15, 0.2) is 0 Å². The van der Waals surface area contributed by atoms with Gasteiger partial charge in [-0.3, -0.25) is 9.59 Å². The highest BCUT2D eigenvalue weighted by atomic mass is 16.1. The third-order valence-electron chi connectivity index (χ3n) is 3.66. The number of primary amides is 1. The van der Waals surface area contributed by atoms with E-state index < -0.39 is 5.91 Å². The normalized spacial score (nSPS) is 9.66. The first-order valence-electron chi connectivity index (χ1n) is 8.34. The number of para-hydroxylation sites is 1.